The Hall–Kier alpha value is -0.370. The SMILES string of the molecule is CC12CC[C@@H]3C[C@@H]4C[C@@H](O)CCC4CC3[C@@H]1CCC2=O. The van der Waals surface area contributed by atoms with Gasteiger partial charge in [0, 0.05) is 11.8 Å². The Labute approximate surface area is 122 Å². The second-order valence-corrected chi connectivity index (χ2v) is 8.41. The summed E-state index contributed by atoms with van der Waals surface area (Å²) in [6.45, 7) is 2.26. The summed E-state index contributed by atoms with van der Waals surface area (Å²) in [6, 6.07) is 0. The maximum atomic E-state index is 12.3. The lowest BCUT2D eigenvalue weighted by Crippen LogP contribution is -2.47. The van der Waals surface area contributed by atoms with Crippen LogP contribution in [0.15, 0.2) is 0 Å². The van der Waals surface area contributed by atoms with Crippen molar-refractivity contribution in [2.75, 3.05) is 0 Å². The van der Waals surface area contributed by atoms with Gasteiger partial charge in [0.1, 0.15) is 5.78 Å². The molecule has 3 unspecified atom stereocenters. The first kappa shape index (κ1) is 13.3. The van der Waals surface area contributed by atoms with Crippen LogP contribution >= 0.6 is 0 Å². The number of fused-ring (bicyclic) bond motifs is 4. The van der Waals surface area contributed by atoms with Crippen LogP contribution < -0.4 is 0 Å². The molecule has 4 aliphatic rings. The molecule has 4 saturated carbocycles. The van der Waals surface area contributed by atoms with Crippen LogP contribution in [0, 0.1) is 35.0 Å². The van der Waals surface area contributed by atoms with Gasteiger partial charge in [-0.3, -0.25) is 4.79 Å². The number of carbonyl (C=O) groups is 1. The first-order chi connectivity index (χ1) is 9.58. The molecule has 20 heavy (non-hydrogen) atoms. The van der Waals surface area contributed by atoms with Crippen LogP contribution in [-0.2, 0) is 4.79 Å². The molecule has 0 aromatic heterocycles. The highest BCUT2D eigenvalue weighted by molar-refractivity contribution is 5.87. The van der Waals surface area contributed by atoms with E-state index in [0.29, 0.717) is 11.7 Å². The molecular formula is C18H28O2. The Bertz CT molecular complexity index is 418. The molecule has 0 radical (unpaired) electrons. The van der Waals surface area contributed by atoms with Gasteiger partial charge in [-0.1, -0.05) is 6.92 Å². The van der Waals surface area contributed by atoms with Gasteiger partial charge in [-0.25, -0.2) is 0 Å². The molecule has 0 aromatic rings. The van der Waals surface area contributed by atoms with E-state index >= 15 is 0 Å². The minimum atomic E-state index is -0.0327. The average molecular weight is 276 g/mol. The Morgan fingerprint density at radius 3 is 2.70 bits per heavy atom. The van der Waals surface area contributed by atoms with Crippen molar-refractivity contribution >= 4 is 5.78 Å². The number of aliphatic hydroxyl groups is 1. The Morgan fingerprint density at radius 2 is 1.85 bits per heavy atom. The molecule has 0 spiro atoms. The molecule has 4 fully saturated rings. The molecule has 0 amide bonds. The molecule has 112 valence electrons. The standard InChI is InChI=1S/C18H28O2/c1-18-7-6-12-8-13-9-14(19)3-2-11(13)10-15(12)16(18)4-5-17(18)20/h11-16,19H,2-10H2,1H3/t11?,12-,13-,14+,15?,16+,18?/m1/s1. The van der Waals surface area contributed by atoms with Crippen LogP contribution in [0.25, 0.3) is 0 Å². The van der Waals surface area contributed by atoms with Crippen molar-refractivity contribution in [2.24, 2.45) is 35.0 Å². The van der Waals surface area contributed by atoms with Crippen LogP contribution in [0.4, 0.5) is 0 Å². The molecule has 4 rings (SSSR count). The number of hydrogen-bond acceptors (Lipinski definition) is 2. The Kier molecular flexibility index (Phi) is 3.03. The Balaban J connectivity index is 1.56. The largest absolute Gasteiger partial charge is 0.393 e. The lowest BCUT2D eigenvalue weighted by atomic mass is 9.52. The number of aliphatic hydroxyl groups excluding tert-OH is 1. The third-order valence-electron chi connectivity index (χ3n) is 7.59. The van der Waals surface area contributed by atoms with E-state index in [9.17, 15) is 9.90 Å². The van der Waals surface area contributed by atoms with E-state index in [1.165, 1.54) is 25.7 Å². The molecule has 0 saturated heterocycles. The predicted molar refractivity (Wildman–Crippen MR) is 78.1 cm³/mol. The smallest absolute Gasteiger partial charge is 0.139 e. The summed E-state index contributed by atoms with van der Waals surface area (Å²) in [4.78, 5) is 12.3. The fraction of sp³-hybridized carbons (Fsp3) is 0.944. The molecule has 0 heterocycles. The zero-order chi connectivity index (χ0) is 13.9. The van der Waals surface area contributed by atoms with Crippen molar-refractivity contribution in [2.45, 2.75) is 70.8 Å². The van der Waals surface area contributed by atoms with E-state index < -0.39 is 0 Å². The molecule has 0 aliphatic heterocycles. The minimum Gasteiger partial charge on any atom is -0.393 e. The number of hydrogen-bond donors (Lipinski definition) is 1. The first-order valence-electron chi connectivity index (χ1n) is 8.79. The molecule has 0 bridgehead atoms. The van der Waals surface area contributed by atoms with Crippen LogP contribution in [0.3, 0.4) is 0 Å². The van der Waals surface area contributed by atoms with Crippen molar-refractivity contribution in [1.82, 2.24) is 0 Å². The van der Waals surface area contributed by atoms with Crippen LogP contribution in [0.1, 0.15) is 64.7 Å². The highest BCUT2D eigenvalue weighted by Crippen LogP contribution is 2.60. The highest BCUT2D eigenvalue weighted by atomic mass is 16.3. The van der Waals surface area contributed by atoms with E-state index in [1.54, 1.807) is 0 Å². The quantitative estimate of drug-likeness (QED) is 0.734. The monoisotopic (exact) mass is 276 g/mol. The summed E-state index contributed by atoms with van der Waals surface area (Å²) in [5, 5.41) is 9.93. The third-order valence-corrected chi connectivity index (χ3v) is 7.59. The van der Waals surface area contributed by atoms with Gasteiger partial charge in [0.25, 0.3) is 0 Å². The summed E-state index contributed by atoms with van der Waals surface area (Å²) in [5.41, 5.74) is 0.0299. The van der Waals surface area contributed by atoms with Crippen LogP contribution in [-0.4, -0.2) is 17.0 Å². The van der Waals surface area contributed by atoms with Crippen molar-refractivity contribution in [3.8, 4) is 0 Å². The topological polar surface area (TPSA) is 37.3 Å². The zero-order valence-corrected chi connectivity index (χ0v) is 12.7. The van der Waals surface area contributed by atoms with E-state index in [2.05, 4.69) is 6.92 Å². The minimum absolute atomic E-state index is 0.0299. The summed E-state index contributed by atoms with van der Waals surface area (Å²) >= 11 is 0. The lowest BCUT2D eigenvalue weighted by molar-refractivity contribution is -0.132. The van der Waals surface area contributed by atoms with E-state index in [-0.39, 0.29) is 11.5 Å². The normalized spacial score (nSPS) is 55.0. The Morgan fingerprint density at radius 1 is 1.00 bits per heavy atom. The summed E-state index contributed by atoms with van der Waals surface area (Å²) in [5.74, 6) is 4.53. The van der Waals surface area contributed by atoms with Gasteiger partial charge >= 0.3 is 0 Å². The summed E-state index contributed by atoms with van der Waals surface area (Å²) in [6.07, 6.45) is 10.4. The number of Topliss-reactive ketones (excluding diaryl/α,β-unsaturated/α-hetero) is 1. The van der Waals surface area contributed by atoms with E-state index in [1.807, 2.05) is 0 Å². The van der Waals surface area contributed by atoms with Crippen LogP contribution in [0.2, 0.25) is 0 Å². The van der Waals surface area contributed by atoms with Gasteiger partial charge in [-0.2, -0.15) is 0 Å². The number of ketones is 1. The number of carbonyl (C=O) groups excluding carboxylic acids is 1. The molecule has 2 nitrogen and oxygen atoms in total. The zero-order valence-electron chi connectivity index (χ0n) is 12.7. The van der Waals surface area contributed by atoms with Crippen molar-refractivity contribution in [3.63, 3.8) is 0 Å². The molecule has 1 N–H and O–H groups in total. The van der Waals surface area contributed by atoms with Gasteiger partial charge in [0.2, 0.25) is 0 Å². The number of rotatable bonds is 0. The molecule has 0 aromatic carbocycles. The van der Waals surface area contributed by atoms with Gasteiger partial charge in [0.15, 0.2) is 0 Å². The summed E-state index contributed by atoms with van der Waals surface area (Å²) in [7, 11) is 0. The van der Waals surface area contributed by atoms with Gasteiger partial charge in [-0.05, 0) is 81.0 Å². The second kappa shape index (κ2) is 4.56. The maximum Gasteiger partial charge on any atom is 0.139 e. The van der Waals surface area contributed by atoms with Crippen molar-refractivity contribution < 1.29 is 9.90 Å². The van der Waals surface area contributed by atoms with Crippen molar-refractivity contribution in [3.05, 3.63) is 0 Å². The summed E-state index contributed by atoms with van der Waals surface area (Å²) < 4.78 is 0. The molecule has 7 atom stereocenters. The predicted octanol–water partition coefficient (Wildman–Crippen LogP) is 3.57. The molecule has 2 heteroatoms. The van der Waals surface area contributed by atoms with E-state index in [4.69, 9.17) is 0 Å². The molecular weight excluding hydrogens is 248 g/mol. The van der Waals surface area contributed by atoms with Crippen molar-refractivity contribution in [1.29, 1.82) is 0 Å². The second-order valence-electron chi connectivity index (χ2n) is 8.41. The van der Waals surface area contributed by atoms with Gasteiger partial charge < -0.3 is 5.11 Å². The van der Waals surface area contributed by atoms with Gasteiger partial charge in [0.05, 0.1) is 6.10 Å². The maximum absolute atomic E-state index is 12.3. The lowest BCUT2D eigenvalue weighted by Gasteiger charge is -2.53. The van der Waals surface area contributed by atoms with Crippen LogP contribution in [0.5, 0.6) is 0 Å². The average Bonchev–Trinajstić information content (AvgIpc) is 2.73. The fourth-order valence-corrected chi connectivity index (χ4v) is 6.43. The van der Waals surface area contributed by atoms with Gasteiger partial charge in [-0.15, -0.1) is 0 Å². The fourth-order valence-electron chi connectivity index (χ4n) is 6.43. The first-order valence-corrected chi connectivity index (χ1v) is 8.79. The third kappa shape index (κ3) is 1.83. The van der Waals surface area contributed by atoms with E-state index in [0.717, 1.165) is 55.8 Å². The highest BCUT2D eigenvalue weighted by Gasteiger charge is 2.55. The molecule has 4 aliphatic carbocycles.